The van der Waals surface area contributed by atoms with Crippen molar-refractivity contribution in [3.8, 4) is 0 Å². The van der Waals surface area contributed by atoms with Crippen molar-refractivity contribution in [2.45, 2.75) is 11.8 Å². The van der Waals surface area contributed by atoms with E-state index in [1.807, 2.05) is 25.1 Å². The van der Waals surface area contributed by atoms with Crippen LogP contribution in [-0.2, 0) is 10.0 Å². The van der Waals surface area contributed by atoms with Gasteiger partial charge in [-0.3, -0.25) is 14.4 Å². The van der Waals surface area contributed by atoms with Gasteiger partial charge in [-0.1, -0.05) is 46.7 Å². The summed E-state index contributed by atoms with van der Waals surface area (Å²) in [6, 6.07) is 18.9. The second-order valence-electron chi connectivity index (χ2n) is 9.19. The van der Waals surface area contributed by atoms with Crippen molar-refractivity contribution in [1.29, 1.82) is 0 Å². The molecule has 0 unspecified atom stereocenters. The Morgan fingerprint density at radius 3 is 2.55 bits per heavy atom. The monoisotopic (exact) mass is 569 g/mol. The Bertz CT molecular complexity index is 1550. The summed E-state index contributed by atoms with van der Waals surface area (Å²) < 4.78 is 29.0. The van der Waals surface area contributed by atoms with Crippen LogP contribution in [-0.4, -0.2) is 63.5 Å². The molecule has 8 nitrogen and oxygen atoms in total. The van der Waals surface area contributed by atoms with Crippen LogP contribution in [0.25, 0.3) is 10.2 Å². The highest BCUT2D eigenvalue weighted by Gasteiger charge is 2.20. The number of carbonyl (C=O) groups excluding carboxylic acids is 1. The predicted molar refractivity (Wildman–Crippen MR) is 154 cm³/mol. The summed E-state index contributed by atoms with van der Waals surface area (Å²) in [6.45, 7) is 6.61. The largest absolute Gasteiger partial charge is 0.351 e. The standard InChI is InChI=1S/C27H28ClN5O3S2/c1-19-5-8-23(9-6-19)38(35,36)31-22-4-2-3-20(17-22)26(34)29-11-12-32-13-15-33(16-14-32)27-30-24-10-7-21(28)18-25(24)37-27/h2-10,17-18,31H,11-16H2,1H3,(H,29,34). The lowest BCUT2D eigenvalue weighted by atomic mass is 10.2. The first-order chi connectivity index (χ1) is 18.3. The lowest BCUT2D eigenvalue weighted by Crippen LogP contribution is -2.48. The second kappa shape index (κ2) is 11.3. The van der Waals surface area contributed by atoms with Crippen molar-refractivity contribution in [1.82, 2.24) is 15.2 Å². The molecular weight excluding hydrogens is 542 g/mol. The molecule has 1 aliphatic rings. The van der Waals surface area contributed by atoms with E-state index >= 15 is 0 Å². The molecule has 0 aliphatic carbocycles. The average Bonchev–Trinajstić information content (AvgIpc) is 3.32. The fraction of sp³-hybridized carbons (Fsp3) is 0.259. The summed E-state index contributed by atoms with van der Waals surface area (Å²) in [6.07, 6.45) is 0. The van der Waals surface area contributed by atoms with Crippen LogP contribution in [0.15, 0.2) is 71.6 Å². The fourth-order valence-corrected chi connectivity index (χ4v) is 6.61. The van der Waals surface area contributed by atoms with Crippen LogP contribution in [0.4, 0.5) is 10.8 Å². The van der Waals surface area contributed by atoms with E-state index < -0.39 is 10.0 Å². The highest BCUT2D eigenvalue weighted by Crippen LogP contribution is 2.31. The summed E-state index contributed by atoms with van der Waals surface area (Å²) in [4.78, 5) is 22.2. The number of hydrogen-bond acceptors (Lipinski definition) is 7. The summed E-state index contributed by atoms with van der Waals surface area (Å²) in [7, 11) is -3.74. The molecule has 1 aromatic heterocycles. The minimum Gasteiger partial charge on any atom is -0.351 e. The minimum atomic E-state index is -3.74. The Labute approximate surface area is 231 Å². The summed E-state index contributed by atoms with van der Waals surface area (Å²) in [5.41, 5.74) is 2.68. The van der Waals surface area contributed by atoms with Gasteiger partial charge in [0.25, 0.3) is 15.9 Å². The Hall–Kier alpha value is -3.18. The quantitative estimate of drug-likeness (QED) is 0.322. The first kappa shape index (κ1) is 26.4. The molecule has 198 valence electrons. The van der Waals surface area contributed by atoms with E-state index in [0.717, 1.165) is 58.7 Å². The van der Waals surface area contributed by atoms with E-state index in [-0.39, 0.29) is 10.8 Å². The molecule has 38 heavy (non-hydrogen) atoms. The van der Waals surface area contributed by atoms with Gasteiger partial charge in [-0.25, -0.2) is 13.4 Å². The third-order valence-corrected chi connectivity index (χ3v) is 9.12. The molecule has 5 rings (SSSR count). The smallest absolute Gasteiger partial charge is 0.261 e. The minimum absolute atomic E-state index is 0.172. The molecule has 1 fully saturated rings. The molecule has 11 heteroatoms. The Balaban J connectivity index is 1.10. The first-order valence-electron chi connectivity index (χ1n) is 12.3. The number of rotatable bonds is 8. The number of amides is 1. The molecule has 0 atom stereocenters. The normalized spacial score (nSPS) is 14.5. The predicted octanol–water partition coefficient (Wildman–Crippen LogP) is 4.61. The summed E-state index contributed by atoms with van der Waals surface area (Å²) in [5.74, 6) is -0.242. The number of aromatic nitrogens is 1. The van der Waals surface area contributed by atoms with Crippen molar-refractivity contribution in [2.24, 2.45) is 0 Å². The number of hydrogen-bond donors (Lipinski definition) is 2. The van der Waals surface area contributed by atoms with Gasteiger partial charge in [-0.2, -0.15) is 0 Å². The van der Waals surface area contributed by atoms with E-state index in [2.05, 4.69) is 19.8 Å². The SMILES string of the molecule is Cc1ccc(S(=O)(=O)Nc2cccc(C(=O)NCCN3CCN(c4nc5ccc(Cl)cc5s4)CC3)c2)cc1. The Morgan fingerprint density at radius 1 is 1.03 bits per heavy atom. The zero-order chi connectivity index (χ0) is 26.7. The summed E-state index contributed by atoms with van der Waals surface area (Å²) in [5, 5.41) is 4.67. The molecule has 0 radical (unpaired) electrons. The van der Waals surface area contributed by atoms with Gasteiger partial charge in [0.2, 0.25) is 0 Å². The Morgan fingerprint density at radius 2 is 1.79 bits per heavy atom. The van der Waals surface area contributed by atoms with Crippen molar-refractivity contribution in [3.63, 3.8) is 0 Å². The van der Waals surface area contributed by atoms with Gasteiger partial charge in [0.1, 0.15) is 0 Å². The van der Waals surface area contributed by atoms with E-state index in [4.69, 9.17) is 16.6 Å². The van der Waals surface area contributed by atoms with Gasteiger partial charge in [0, 0.05) is 55.5 Å². The van der Waals surface area contributed by atoms with Crippen LogP contribution in [0.5, 0.6) is 0 Å². The van der Waals surface area contributed by atoms with Crippen molar-refractivity contribution in [3.05, 3.63) is 82.9 Å². The number of piperazine rings is 1. The number of thiazole rings is 1. The maximum atomic E-state index is 12.7. The molecule has 2 N–H and O–H groups in total. The van der Waals surface area contributed by atoms with E-state index in [1.54, 1.807) is 59.9 Å². The van der Waals surface area contributed by atoms with Crippen LogP contribution < -0.4 is 14.9 Å². The number of aryl methyl sites for hydroxylation is 1. The molecule has 4 aromatic rings. The maximum absolute atomic E-state index is 12.7. The number of fused-ring (bicyclic) bond motifs is 1. The number of nitrogens with zero attached hydrogens (tertiary/aromatic N) is 3. The number of carbonyl (C=O) groups is 1. The Kier molecular flexibility index (Phi) is 7.85. The summed E-state index contributed by atoms with van der Waals surface area (Å²) >= 11 is 7.76. The molecular formula is C27H28ClN5O3S2. The van der Waals surface area contributed by atoms with Gasteiger partial charge in [0.05, 0.1) is 15.1 Å². The number of anilines is 2. The van der Waals surface area contributed by atoms with Crippen LogP contribution in [0.2, 0.25) is 5.02 Å². The maximum Gasteiger partial charge on any atom is 0.261 e. The first-order valence-corrected chi connectivity index (χ1v) is 15.0. The molecule has 1 amide bonds. The zero-order valence-corrected chi connectivity index (χ0v) is 23.2. The lowest BCUT2D eigenvalue weighted by molar-refractivity contribution is 0.0948. The van der Waals surface area contributed by atoms with Crippen LogP contribution in [0.3, 0.4) is 0 Å². The van der Waals surface area contributed by atoms with E-state index in [9.17, 15) is 13.2 Å². The highest BCUT2D eigenvalue weighted by atomic mass is 35.5. The molecule has 1 saturated heterocycles. The van der Waals surface area contributed by atoms with Gasteiger partial charge in [0.15, 0.2) is 5.13 Å². The molecule has 2 heterocycles. The fourth-order valence-electron chi connectivity index (χ4n) is 4.27. The molecule has 0 spiro atoms. The number of halogens is 1. The molecule has 0 saturated carbocycles. The van der Waals surface area contributed by atoms with Gasteiger partial charge in [-0.15, -0.1) is 0 Å². The van der Waals surface area contributed by atoms with E-state index in [0.29, 0.717) is 17.8 Å². The van der Waals surface area contributed by atoms with Gasteiger partial charge in [-0.05, 0) is 55.5 Å². The highest BCUT2D eigenvalue weighted by molar-refractivity contribution is 7.92. The number of benzene rings is 3. The molecule has 3 aromatic carbocycles. The molecule has 0 bridgehead atoms. The lowest BCUT2D eigenvalue weighted by Gasteiger charge is -2.34. The van der Waals surface area contributed by atoms with Crippen molar-refractivity contribution >= 4 is 59.9 Å². The van der Waals surface area contributed by atoms with Gasteiger partial charge < -0.3 is 10.2 Å². The second-order valence-corrected chi connectivity index (χ2v) is 12.3. The van der Waals surface area contributed by atoms with Crippen LogP contribution in [0, 0.1) is 6.92 Å². The van der Waals surface area contributed by atoms with Crippen LogP contribution >= 0.6 is 22.9 Å². The van der Waals surface area contributed by atoms with Crippen LogP contribution in [0.1, 0.15) is 15.9 Å². The topological polar surface area (TPSA) is 94.6 Å². The number of sulfonamides is 1. The third kappa shape index (κ3) is 6.27. The van der Waals surface area contributed by atoms with E-state index in [1.165, 1.54) is 0 Å². The van der Waals surface area contributed by atoms with Gasteiger partial charge >= 0.3 is 0 Å². The van der Waals surface area contributed by atoms with Crippen molar-refractivity contribution in [2.75, 3.05) is 48.9 Å². The zero-order valence-electron chi connectivity index (χ0n) is 20.9. The third-order valence-electron chi connectivity index (χ3n) is 6.40. The average molecular weight is 570 g/mol. The number of nitrogens with one attached hydrogen (secondary N) is 2. The molecule has 1 aliphatic heterocycles. The van der Waals surface area contributed by atoms with Crippen molar-refractivity contribution < 1.29 is 13.2 Å².